The Hall–Kier alpha value is -8.39. The predicted molar refractivity (Wildman–Crippen MR) is 244 cm³/mol. The molecule has 0 fully saturated rings. The monoisotopic (exact) mass is 849 g/mol. The van der Waals surface area contributed by atoms with Gasteiger partial charge in [-0.05, 0) is 103 Å². The third-order valence-corrected chi connectivity index (χ3v) is 12.6. The maximum absolute atomic E-state index is 14.9. The lowest BCUT2D eigenvalue weighted by Crippen LogP contribution is -2.33. The van der Waals surface area contributed by atoms with Crippen LogP contribution >= 0.6 is 0 Å². The molecule has 0 saturated carbocycles. The number of aromatic hydroxyl groups is 1. The van der Waals surface area contributed by atoms with Gasteiger partial charge in [-0.3, -0.25) is 24.2 Å². The summed E-state index contributed by atoms with van der Waals surface area (Å²) >= 11 is 0. The van der Waals surface area contributed by atoms with E-state index in [0.29, 0.717) is 72.4 Å². The topological polar surface area (TPSA) is 205 Å². The van der Waals surface area contributed by atoms with Gasteiger partial charge in [-0.1, -0.05) is 32.0 Å². The molecular weight excluding hydrogens is 811 g/mol. The van der Waals surface area contributed by atoms with Gasteiger partial charge in [0.05, 0.1) is 57.8 Å². The van der Waals surface area contributed by atoms with Crippen molar-refractivity contribution in [3.05, 3.63) is 165 Å². The van der Waals surface area contributed by atoms with Gasteiger partial charge in [0.25, 0.3) is 11.8 Å². The van der Waals surface area contributed by atoms with Gasteiger partial charge >= 0.3 is 0 Å². The fourth-order valence-corrected chi connectivity index (χ4v) is 9.68. The smallest absolute Gasteiger partial charge is 0.294 e. The van der Waals surface area contributed by atoms with Gasteiger partial charge in [0, 0.05) is 56.3 Å². The van der Waals surface area contributed by atoms with Crippen molar-refractivity contribution in [2.75, 3.05) is 9.80 Å². The molecule has 2 unspecified atom stereocenters. The summed E-state index contributed by atoms with van der Waals surface area (Å²) in [5, 5.41) is 36.3. The van der Waals surface area contributed by atoms with E-state index in [9.17, 15) is 29.7 Å². The fraction of sp³-hybridized carbons (Fsp3) is 0.140. The predicted octanol–water partition coefficient (Wildman–Crippen LogP) is 9.63. The largest absolute Gasteiger partial charge is 0.508 e. The van der Waals surface area contributed by atoms with Crippen LogP contribution in [0.2, 0.25) is 0 Å². The number of aliphatic hydroxyl groups is 2. The third-order valence-electron chi connectivity index (χ3n) is 12.6. The molecule has 0 saturated heterocycles. The first kappa shape index (κ1) is 38.5. The number of carbonyl (C=O) groups excluding carboxylic acids is 2. The summed E-state index contributed by atoms with van der Waals surface area (Å²) in [6.45, 7) is 7.44. The van der Waals surface area contributed by atoms with Crippen molar-refractivity contribution in [2.45, 2.75) is 39.8 Å². The van der Waals surface area contributed by atoms with Crippen molar-refractivity contribution in [3.8, 4) is 16.9 Å². The summed E-state index contributed by atoms with van der Waals surface area (Å²) in [5.41, 5.74) is 8.73. The summed E-state index contributed by atoms with van der Waals surface area (Å²) in [7, 11) is 0. The zero-order valence-electron chi connectivity index (χ0n) is 34.9. The van der Waals surface area contributed by atoms with Crippen molar-refractivity contribution in [1.29, 1.82) is 0 Å². The van der Waals surface area contributed by atoms with Crippen molar-refractivity contribution in [3.63, 3.8) is 0 Å². The SMILES string of the molecule is Cc1cc(-c2cc(O)c(C3C(c4c[nH]c5ccccc45)=C(O)C(=O)N3c3ccc4nc[nH]c4c3)cc2C)c2occ(C3C(C(C)C)=C(O)C(=O)N3c3ccc4nc[nH]c4c3)c(=O)c2c1. The van der Waals surface area contributed by atoms with Crippen molar-refractivity contribution < 1.29 is 29.3 Å². The van der Waals surface area contributed by atoms with Gasteiger partial charge < -0.3 is 34.7 Å². The molecule has 2 amide bonds. The zero-order chi connectivity index (χ0) is 44.3. The highest BCUT2D eigenvalue weighted by Crippen LogP contribution is 2.51. The molecule has 0 aliphatic carbocycles. The van der Waals surface area contributed by atoms with E-state index >= 15 is 0 Å². The van der Waals surface area contributed by atoms with Crippen LogP contribution in [0.4, 0.5) is 11.4 Å². The van der Waals surface area contributed by atoms with E-state index in [1.54, 1.807) is 73.4 Å². The number of carbonyl (C=O) groups is 2. The lowest BCUT2D eigenvalue weighted by atomic mass is 9.88. The molecule has 0 bridgehead atoms. The van der Waals surface area contributed by atoms with E-state index in [1.807, 2.05) is 58.0 Å². The number of hydrogen-bond acceptors (Lipinski definition) is 9. The number of anilines is 2. The fourth-order valence-electron chi connectivity index (χ4n) is 9.68. The van der Waals surface area contributed by atoms with Crippen LogP contribution in [0, 0.1) is 19.8 Å². The molecule has 5 aromatic carbocycles. The summed E-state index contributed by atoms with van der Waals surface area (Å²) < 4.78 is 6.44. The molecule has 14 nitrogen and oxygen atoms in total. The Morgan fingerprint density at radius 3 is 2.00 bits per heavy atom. The number of aromatic nitrogens is 5. The minimum atomic E-state index is -0.972. The number of aromatic amines is 3. The zero-order valence-corrected chi connectivity index (χ0v) is 34.9. The molecule has 2 aliphatic rings. The Balaban J connectivity index is 1.06. The van der Waals surface area contributed by atoms with E-state index in [-0.39, 0.29) is 33.6 Å². The molecule has 6 heterocycles. The molecule has 11 rings (SSSR count). The number of hydrogen-bond donors (Lipinski definition) is 6. The van der Waals surface area contributed by atoms with Crippen LogP contribution in [0.3, 0.4) is 0 Å². The second-order valence-electron chi connectivity index (χ2n) is 16.8. The molecule has 0 radical (unpaired) electrons. The molecule has 316 valence electrons. The molecule has 64 heavy (non-hydrogen) atoms. The van der Waals surface area contributed by atoms with Crippen LogP contribution in [0.25, 0.3) is 60.6 Å². The van der Waals surface area contributed by atoms with E-state index in [4.69, 9.17) is 4.42 Å². The summed E-state index contributed by atoms with van der Waals surface area (Å²) in [5.74, 6) is -2.61. The highest BCUT2D eigenvalue weighted by atomic mass is 16.3. The van der Waals surface area contributed by atoms with E-state index in [2.05, 4.69) is 24.9 Å². The standard InChI is InChI=1S/C50H39N7O7/c1-23(2)41-44(57(49(62)46(41)60)27-10-12-37-39(17-27)55-22-53-37)34-20-64-48-30(13-24(3)14-32(48)45(34)59)29-18-40(58)31(15-25(29)4)43-42(33-19-51-35-8-6-5-7-28(33)35)47(61)50(63)56(43)26-9-11-36-38(16-26)54-21-52-36/h5-23,43-44,51,58,60-61H,1-4H3,(H,52,54)(H,53,55). The number of nitrogens with zero attached hydrogens (tertiary/aromatic N) is 4. The number of aliphatic hydroxyl groups excluding tert-OH is 2. The number of benzene rings is 5. The highest BCUT2D eigenvalue weighted by molar-refractivity contribution is 6.18. The molecule has 6 N–H and O–H groups in total. The van der Waals surface area contributed by atoms with Crippen LogP contribution in [0.15, 0.2) is 136 Å². The minimum Gasteiger partial charge on any atom is -0.508 e. The van der Waals surface area contributed by atoms with Crippen LogP contribution in [-0.4, -0.2) is 52.1 Å². The first-order valence-electron chi connectivity index (χ1n) is 20.8. The highest BCUT2D eigenvalue weighted by Gasteiger charge is 2.46. The van der Waals surface area contributed by atoms with Crippen LogP contribution in [0.1, 0.15) is 53.7 Å². The van der Waals surface area contributed by atoms with Crippen molar-refractivity contribution >= 4 is 72.7 Å². The lowest BCUT2D eigenvalue weighted by Gasteiger charge is -2.29. The Kier molecular flexibility index (Phi) is 8.47. The maximum Gasteiger partial charge on any atom is 0.294 e. The van der Waals surface area contributed by atoms with Gasteiger partial charge in [0.15, 0.2) is 16.9 Å². The quantitative estimate of drug-likeness (QED) is 0.0902. The summed E-state index contributed by atoms with van der Waals surface area (Å²) in [6.07, 6.45) is 6.23. The first-order chi connectivity index (χ1) is 30.9. The Labute approximate surface area is 363 Å². The summed E-state index contributed by atoms with van der Waals surface area (Å²) in [4.78, 5) is 63.9. The number of H-pyrrole nitrogens is 3. The number of phenols is 1. The molecule has 0 spiro atoms. The van der Waals surface area contributed by atoms with E-state index in [0.717, 1.165) is 16.5 Å². The number of nitrogens with one attached hydrogen (secondary N) is 3. The van der Waals surface area contributed by atoms with Crippen LogP contribution in [-0.2, 0) is 9.59 Å². The Morgan fingerprint density at radius 2 is 1.31 bits per heavy atom. The minimum absolute atomic E-state index is 0.164. The van der Waals surface area contributed by atoms with Crippen LogP contribution < -0.4 is 15.2 Å². The lowest BCUT2D eigenvalue weighted by molar-refractivity contribution is -0.117. The van der Waals surface area contributed by atoms with Gasteiger partial charge in [0.1, 0.15) is 17.6 Å². The second-order valence-corrected chi connectivity index (χ2v) is 16.8. The summed E-state index contributed by atoms with van der Waals surface area (Å²) in [6, 6.07) is 23.2. The number of imidazole rings is 2. The molecule has 2 aliphatic heterocycles. The second kappa shape index (κ2) is 14.1. The molecular formula is C50H39N7O7. The first-order valence-corrected chi connectivity index (χ1v) is 20.8. The van der Waals surface area contributed by atoms with Gasteiger partial charge in [0.2, 0.25) is 0 Å². The maximum atomic E-state index is 14.9. The number of phenolic OH excluding ortho intramolecular Hbond substituents is 1. The average Bonchev–Trinajstić information content (AvgIpc) is 4.12. The van der Waals surface area contributed by atoms with Gasteiger partial charge in [-0.2, -0.15) is 0 Å². The number of fused-ring (bicyclic) bond motifs is 4. The van der Waals surface area contributed by atoms with Gasteiger partial charge in [-0.25, -0.2) is 9.97 Å². The molecule has 14 heteroatoms. The Bertz CT molecular complexity index is 3610. The molecule has 2 atom stereocenters. The van der Waals surface area contributed by atoms with E-state index in [1.165, 1.54) is 16.1 Å². The number of rotatable bonds is 7. The normalized spacial score (nSPS) is 17.0. The van der Waals surface area contributed by atoms with Crippen molar-refractivity contribution in [1.82, 2.24) is 24.9 Å². The molecule has 4 aromatic heterocycles. The number of para-hydroxylation sites is 1. The van der Waals surface area contributed by atoms with Gasteiger partial charge in [-0.15, -0.1) is 0 Å². The average molecular weight is 850 g/mol. The molecule has 9 aromatic rings. The van der Waals surface area contributed by atoms with E-state index < -0.39 is 35.4 Å². The van der Waals surface area contributed by atoms with Crippen molar-refractivity contribution in [2.24, 2.45) is 5.92 Å². The Morgan fingerprint density at radius 1 is 0.656 bits per heavy atom. The number of aryl methyl sites for hydroxylation is 2. The van der Waals surface area contributed by atoms with Crippen LogP contribution in [0.5, 0.6) is 5.75 Å². The third kappa shape index (κ3) is 5.61. The number of amides is 2.